The first-order valence-electron chi connectivity index (χ1n) is 9.88. The van der Waals surface area contributed by atoms with Crippen molar-refractivity contribution in [1.82, 2.24) is 10.2 Å². The van der Waals surface area contributed by atoms with Crippen LogP contribution in [-0.2, 0) is 27.3 Å². The third kappa shape index (κ3) is 5.67. The summed E-state index contributed by atoms with van der Waals surface area (Å²) in [5, 5.41) is 3.01. The molecule has 1 aliphatic rings. The van der Waals surface area contributed by atoms with E-state index in [9.17, 15) is 9.59 Å². The fourth-order valence-electron chi connectivity index (χ4n) is 3.54. The van der Waals surface area contributed by atoms with Gasteiger partial charge in [0.15, 0.2) is 0 Å². The quantitative estimate of drug-likeness (QED) is 0.766. The molecule has 5 nitrogen and oxygen atoms in total. The molecule has 1 heterocycles. The van der Waals surface area contributed by atoms with Crippen molar-refractivity contribution in [1.29, 1.82) is 0 Å². The van der Waals surface area contributed by atoms with Crippen molar-refractivity contribution in [2.45, 2.75) is 44.9 Å². The van der Waals surface area contributed by atoms with E-state index in [0.29, 0.717) is 19.5 Å². The number of hydrogen-bond donors (Lipinski definition) is 1. The number of ether oxygens (including phenoxy) is 1. The first kappa shape index (κ1) is 20.1. The third-order valence-corrected chi connectivity index (χ3v) is 5.08. The molecule has 2 aromatic rings. The minimum atomic E-state index is -0.568. The molecular formula is C23H28N2O3. The summed E-state index contributed by atoms with van der Waals surface area (Å²) in [5.74, 6) is -0.248. The number of carbonyl (C=O) groups excluding carboxylic acids is 2. The summed E-state index contributed by atoms with van der Waals surface area (Å²) in [6.07, 6.45) is 2.54. The van der Waals surface area contributed by atoms with Gasteiger partial charge in [0.05, 0.1) is 6.10 Å². The number of hydrogen-bond acceptors (Lipinski definition) is 3. The molecular weight excluding hydrogens is 352 g/mol. The largest absolute Gasteiger partial charge is 0.376 e. The molecule has 2 atom stereocenters. The van der Waals surface area contributed by atoms with Gasteiger partial charge in [0.2, 0.25) is 11.8 Å². The van der Waals surface area contributed by atoms with Crippen LogP contribution in [0.15, 0.2) is 60.7 Å². The second-order valence-electron chi connectivity index (χ2n) is 7.22. The summed E-state index contributed by atoms with van der Waals surface area (Å²) in [6.45, 7) is 3.16. The Labute approximate surface area is 166 Å². The van der Waals surface area contributed by atoms with E-state index in [1.165, 1.54) is 6.92 Å². The van der Waals surface area contributed by atoms with Gasteiger partial charge in [0.1, 0.15) is 6.04 Å². The van der Waals surface area contributed by atoms with Gasteiger partial charge in [0, 0.05) is 33.0 Å². The van der Waals surface area contributed by atoms with Crippen molar-refractivity contribution < 1.29 is 14.3 Å². The first-order valence-corrected chi connectivity index (χ1v) is 9.88. The molecule has 0 unspecified atom stereocenters. The minimum Gasteiger partial charge on any atom is -0.376 e. The number of benzene rings is 2. The Bertz CT molecular complexity index is 758. The van der Waals surface area contributed by atoms with E-state index in [1.54, 1.807) is 4.90 Å². The minimum absolute atomic E-state index is 0.0706. The van der Waals surface area contributed by atoms with Crippen LogP contribution < -0.4 is 5.32 Å². The molecule has 5 heteroatoms. The van der Waals surface area contributed by atoms with Crippen LogP contribution in [0.5, 0.6) is 0 Å². The van der Waals surface area contributed by atoms with Gasteiger partial charge >= 0.3 is 0 Å². The lowest BCUT2D eigenvalue weighted by atomic mass is 10.0. The topological polar surface area (TPSA) is 58.6 Å². The van der Waals surface area contributed by atoms with E-state index in [2.05, 4.69) is 5.32 Å². The van der Waals surface area contributed by atoms with Gasteiger partial charge in [0.25, 0.3) is 0 Å². The summed E-state index contributed by atoms with van der Waals surface area (Å²) in [4.78, 5) is 27.2. The maximum Gasteiger partial charge on any atom is 0.243 e. The molecule has 1 saturated heterocycles. The molecule has 0 spiro atoms. The normalized spacial score (nSPS) is 17.1. The Hall–Kier alpha value is -2.66. The van der Waals surface area contributed by atoms with Crippen LogP contribution in [0.3, 0.4) is 0 Å². The predicted molar refractivity (Wildman–Crippen MR) is 109 cm³/mol. The molecule has 28 heavy (non-hydrogen) atoms. The van der Waals surface area contributed by atoms with Gasteiger partial charge in [-0.05, 0) is 24.0 Å². The van der Waals surface area contributed by atoms with E-state index in [4.69, 9.17) is 4.74 Å². The maximum absolute atomic E-state index is 13.1. The van der Waals surface area contributed by atoms with Crippen LogP contribution in [0.2, 0.25) is 0 Å². The van der Waals surface area contributed by atoms with Crippen LogP contribution in [0.4, 0.5) is 0 Å². The molecule has 3 rings (SSSR count). The second-order valence-corrected chi connectivity index (χ2v) is 7.22. The van der Waals surface area contributed by atoms with Crippen molar-refractivity contribution >= 4 is 11.8 Å². The molecule has 0 saturated carbocycles. The molecule has 0 aliphatic carbocycles. The summed E-state index contributed by atoms with van der Waals surface area (Å²) in [7, 11) is 0. The zero-order valence-electron chi connectivity index (χ0n) is 16.3. The zero-order valence-corrected chi connectivity index (χ0v) is 16.3. The summed E-state index contributed by atoms with van der Waals surface area (Å²) < 4.78 is 5.61. The van der Waals surface area contributed by atoms with E-state index >= 15 is 0 Å². The first-order chi connectivity index (χ1) is 13.6. The lowest BCUT2D eigenvalue weighted by molar-refractivity contribution is -0.139. The fraction of sp³-hybridized carbons (Fsp3) is 0.391. The van der Waals surface area contributed by atoms with E-state index in [-0.39, 0.29) is 17.9 Å². The molecule has 148 valence electrons. The lowest BCUT2D eigenvalue weighted by Crippen LogP contribution is -2.51. The van der Waals surface area contributed by atoms with Crippen molar-refractivity contribution in [2.75, 3.05) is 13.2 Å². The molecule has 1 fully saturated rings. The second kappa shape index (κ2) is 10.0. The summed E-state index contributed by atoms with van der Waals surface area (Å²) >= 11 is 0. The molecule has 0 aromatic heterocycles. The maximum atomic E-state index is 13.1. The van der Waals surface area contributed by atoms with Crippen LogP contribution in [0.1, 0.15) is 30.9 Å². The molecule has 1 N–H and O–H groups in total. The monoisotopic (exact) mass is 380 g/mol. The van der Waals surface area contributed by atoms with Crippen molar-refractivity contribution in [2.24, 2.45) is 0 Å². The number of amides is 2. The molecule has 1 aliphatic heterocycles. The van der Waals surface area contributed by atoms with Gasteiger partial charge in [-0.3, -0.25) is 9.59 Å². The Balaban J connectivity index is 1.77. The number of nitrogens with one attached hydrogen (secondary N) is 1. The molecule has 0 radical (unpaired) electrons. The highest BCUT2D eigenvalue weighted by Gasteiger charge is 2.29. The summed E-state index contributed by atoms with van der Waals surface area (Å²) in [6, 6.07) is 19.0. The highest BCUT2D eigenvalue weighted by molar-refractivity contribution is 5.87. The summed E-state index contributed by atoms with van der Waals surface area (Å²) in [5.41, 5.74) is 2.03. The zero-order chi connectivity index (χ0) is 19.8. The smallest absolute Gasteiger partial charge is 0.243 e. The highest BCUT2D eigenvalue weighted by Crippen LogP contribution is 2.15. The van der Waals surface area contributed by atoms with Gasteiger partial charge in [-0.2, -0.15) is 0 Å². The molecule has 0 bridgehead atoms. The van der Waals surface area contributed by atoms with E-state index < -0.39 is 6.04 Å². The standard InChI is InChI=1S/C23H28N2O3/c1-18(26)25(17-20-11-6-3-7-12-20)22(15-19-9-4-2-5-10-19)23(27)24-16-21-13-8-14-28-21/h2-7,9-12,21-22H,8,13-17H2,1H3,(H,24,27)/t21-,22+/m1/s1. The Morgan fingerprint density at radius 2 is 1.71 bits per heavy atom. The number of carbonyl (C=O) groups is 2. The van der Waals surface area contributed by atoms with Crippen molar-refractivity contribution in [3.05, 3.63) is 71.8 Å². The van der Waals surface area contributed by atoms with Crippen molar-refractivity contribution in [3.63, 3.8) is 0 Å². The molecule has 2 aromatic carbocycles. The van der Waals surface area contributed by atoms with Gasteiger partial charge < -0.3 is 15.0 Å². The van der Waals surface area contributed by atoms with Crippen molar-refractivity contribution in [3.8, 4) is 0 Å². The van der Waals surface area contributed by atoms with Gasteiger partial charge in [-0.1, -0.05) is 60.7 Å². The van der Waals surface area contributed by atoms with Crippen LogP contribution >= 0.6 is 0 Å². The fourth-order valence-corrected chi connectivity index (χ4v) is 3.54. The highest BCUT2D eigenvalue weighted by atomic mass is 16.5. The number of nitrogens with zero attached hydrogens (tertiary/aromatic N) is 1. The average Bonchev–Trinajstić information content (AvgIpc) is 3.24. The van der Waals surface area contributed by atoms with Crippen LogP contribution in [0.25, 0.3) is 0 Å². The van der Waals surface area contributed by atoms with E-state index in [1.807, 2.05) is 60.7 Å². The van der Waals surface area contributed by atoms with E-state index in [0.717, 1.165) is 30.6 Å². The Kier molecular flexibility index (Phi) is 7.20. The number of rotatable bonds is 8. The lowest BCUT2D eigenvalue weighted by Gasteiger charge is -2.31. The van der Waals surface area contributed by atoms with Crippen LogP contribution in [-0.4, -0.2) is 42.0 Å². The Morgan fingerprint density at radius 3 is 2.29 bits per heavy atom. The predicted octanol–water partition coefficient (Wildman–Crippen LogP) is 2.94. The van der Waals surface area contributed by atoms with Gasteiger partial charge in [-0.15, -0.1) is 0 Å². The van der Waals surface area contributed by atoms with Gasteiger partial charge in [-0.25, -0.2) is 0 Å². The van der Waals surface area contributed by atoms with Crippen LogP contribution in [0, 0.1) is 0 Å². The SMILES string of the molecule is CC(=O)N(Cc1ccccc1)[C@@H](Cc1ccccc1)C(=O)NC[C@H]1CCCO1. The third-order valence-electron chi connectivity index (χ3n) is 5.08. The average molecular weight is 380 g/mol. The molecule has 2 amide bonds. The Morgan fingerprint density at radius 1 is 1.07 bits per heavy atom.